The molecule has 0 radical (unpaired) electrons. The van der Waals surface area contributed by atoms with Crippen LogP contribution in [0.3, 0.4) is 0 Å². The van der Waals surface area contributed by atoms with Crippen LogP contribution in [0.2, 0.25) is 0 Å². The Morgan fingerprint density at radius 2 is 2.09 bits per heavy atom. The predicted octanol–water partition coefficient (Wildman–Crippen LogP) is 4.18. The minimum Gasteiger partial charge on any atom is -0.507 e. The number of hydrogen-bond donors (Lipinski definition) is 2. The molecule has 2 aliphatic heterocycles. The molecule has 2 aromatic carbocycles. The second-order valence-electron chi connectivity index (χ2n) is 9.07. The summed E-state index contributed by atoms with van der Waals surface area (Å²) in [5.41, 5.74) is 2.52. The first kappa shape index (κ1) is 22.4. The third kappa shape index (κ3) is 4.92. The standard InChI is InChI=1S/C26H30N4O4/c1-17-9-10-20-22(14-17)28-24(21-7-2-3-8-23(21)31)29-25(20)30-12-11-18(15-30)27-26(32)34-16-19-6-4-5-13-33-19/h2-3,7-10,14,18-19,31H,4-6,11-13,15-16H2,1H3,(H,27,32)/t18-,19?/m1/s1. The number of phenolic OH excluding ortho intramolecular Hbond substituents is 1. The number of aromatic nitrogens is 2. The number of carbonyl (C=O) groups is 1. The fourth-order valence-corrected chi connectivity index (χ4v) is 4.63. The van der Waals surface area contributed by atoms with Gasteiger partial charge >= 0.3 is 6.09 Å². The molecule has 2 N–H and O–H groups in total. The largest absolute Gasteiger partial charge is 0.507 e. The lowest BCUT2D eigenvalue weighted by molar-refractivity contribution is -0.0226. The van der Waals surface area contributed by atoms with Gasteiger partial charge in [-0.3, -0.25) is 0 Å². The third-order valence-corrected chi connectivity index (χ3v) is 6.46. The average molecular weight is 463 g/mol. The molecule has 2 saturated heterocycles. The molecule has 5 rings (SSSR count). The number of fused-ring (bicyclic) bond motifs is 1. The molecule has 0 saturated carbocycles. The maximum absolute atomic E-state index is 12.4. The Morgan fingerprint density at radius 1 is 1.21 bits per heavy atom. The fraction of sp³-hybridized carbons (Fsp3) is 0.423. The van der Waals surface area contributed by atoms with Gasteiger partial charge in [0.05, 0.1) is 23.2 Å². The first-order valence-corrected chi connectivity index (χ1v) is 11.9. The summed E-state index contributed by atoms with van der Waals surface area (Å²) in [7, 11) is 0. The van der Waals surface area contributed by atoms with Crippen LogP contribution < -0.4 is 10.2 Å². The summed E-state index contributed by atoms with van der Waals surface area (Å²) in [6.07, 6.45) is 3.51. The van der Waals surface area contributed by atoms with Gasteiger partial charge in [-0.2, -0.15) is 0 Å². The fourth-order valence-electron chi connectivity index (χ4n) is 4.63. The predicted molar refractivity (Wildman–Crippen MR) is 130 cm³/mol. The van der Waals surface area contributed by atoms with Crippen molar-refractivity contribution in [1.82, 2.24) is 15.3 Å². The van der Waals surface area contributed by atoms with Crippen molar-refractivity contribution in [2.45, 2.75) is 44.8 Å². The van der Waals surface area contributed by atoms with Crippen LogP contribution in [0.25, 0.3) is 22.3 Å². The Morgan fingerprint density at radius 3 is 2.91 bits per heavy atom. The van der Waals surface area contributed by atoms with Crippen molar-refractivity contribution >= 4 is 22.8 Å². The van der Waals surface area contributed by atoms with Gasteiger partial charge in [0, 0.05) is 25.1 Å². The molecule has 0 spiro atoms. The number of hydrogen-bond acceptors (Lipinski definition) is 7. The van der Waals surface area contributed by atoms with Crippen LogP contribution >= 0.6 is 0 Å². The maximum Gasteiger partial charge on any atom is 0.407 e. The van der Waals surface area contributed by atoms with Crippen LogP contribution in [-0.4, -0.2) is 59.6 Å². The van der Waals surface area contributed by atoms with Crippen molar-refractivity contribution < 1.29 is 19.4 Å². The van der Waals surface area contributed by atoms with E-state index in [1.165, 1.54) is 0 Å². The number of benzene rings is 2. The molecular weight excluding hydrogens is 432 g/mol. The molecule has 0 bridgehead atoms. The highest BCUT2D eigenvalue weighted by atomic mass is 16.6. The Hall–Kier alpha value is -3.39. The van der Waals surface area contributed by atoms with Crippen molar-refractivity contribution in [3.63, 3.8) is 0 Å². The number of phenols is 1. The summed E-state index contributed by atoms with van der Waals surface area (Å²) in [5, 5.41) is 14.3. The quantitative estimate of drug-likeness (QED) is 0.587. The van der Waals surface area contributed by atoms with Crippen molar-refractivity contribution in [1.29, 1.82) is 0 Å². The number of nitrogens with one attached hydrogen (secondary N) is 1. The highest BCUT2D eigenvalue weighted by molar-refractivity contribution is 5.92. The number of carbonyl (C=O) groups excluding carboxylic acids is 1. The maximum atomic E-state index is 12.4. The van der Waals surface area contributed by atoms with E-state index in [0.717, 1.165) is 61.1 Å². The monoisotopic (exact) mass is 462 g/mol. The van der Waals surface area contributed by atoms with E-state index in [-0.39, 0.29) is 17.9 Å². The summed E-state index contributed by atoms with van der Waals surface area (Å²) < 4.78 is 11.0. The number of ether oxygens (including phenoxy) is 2. The molecule has 8 nitrogen and oxygen atoms in total. The van der Waals surface area contributed by atoms with Crippen LogP contribution in [0.5, 0.6) is 5.75 Å². The third-order valence-electron chi connectivity index (χ3n) is 6.46. The molecule has 0 aliphatic carbocycles. The van der Waals surface area contributed by atoms with Gasteiger partial charge in [-0.25, -0.2) is 14.8 Å². The van der Waals surface area contributed by atoms with Crippen LogP contribution in [0.4, 0.5) is 10.6 Å². The molecule has 3 heterocycles. The summed E-state index contributed by atoms with van der Waals surface area (Å²) in [6.45, 7) is 4.43. The van der Waals surface area contributed by atoms with Crippen LogP contribution in [0, 0.1) is 6.92 Å². The van der Waals surface area contributed by atoms with Crippen molar-refractivity contribution in [2.75, 3.05) is 31.2 Å². The second-order valence-corrected chi connectivity index (χ2v) is 9.07. The van der Waals surface area contributed by atoms with E-state index in [2.05, 4.69) is 10.2 Å². The molecule has 2 aliphatic rings. The van der Waals surface area contributed by atoms with E-state index in [1.54, 1.807) is 12.1 Å². The molecule has 2 atom stereocenters. The van der Waals surface area contributed by atoms with E-state index < -0.39 is 6.09 Å². The second kappa shape index (κ2) is 9.85. The summed E-state index contributed by atoms with van der Waals surface area (Å²) in [4.78, 5) is 24.1. The average Bonchev–Trinajstić information content (AvgIpc) is 3.31. The number of amides is 1. The lowest BCUT2D eigenvalue weighted by atomic mass is 10.1. The van der Waals surface area contributed by atoms with Gasteiger partial charge < -0.3 is 24.8 Å². The molecule has 8 heteroatoms. The highest BCUT2D eigenvalue weighted by Crippen LogP contribution is 2.33. The molecule has 1 amide bonds. The number of aromatic hydroxyl groups is 1. The zero-order chi connectivity index (χ0) is 23.5. The Balaban J connectivity index is 1.32. The number of nitrogens with zero attached hydrogens (tertiary/aromatic N) is 3. The van der Waals surface area contributed by atoms with E-state index in [1.807, 2.05) is 37.3 Å². The molecule has 34 heavy (non-hydrogen) atoms. The molecule has 1 aromatic heterocycles. The first-order valence-electron chi connectivity index (χ1n) is 11.9. The number of alkyl carbamates (subject to hydrolysis) is 1. The first-order chi connectivity index (χ1) is 16.6. The number of aryl methyl sites for hydroxylation is 1. The van der Waals surface area contributed by atoms with Gasteiger partial charge in [-0.05, 0) is 62.4 Å². The lowest BCUT2D eigenvalue weighted by Crippen LogP contribution is -2.39. The van der Waals surface area contributed by atoms with E-state index >= 15 is 0 Å². The summed E-state index contributed by atoms with van der Waals surface area (Å²) in [6, 6.07) is 13.2. The van der Waals surface area contributed by atoms with Crippen molar-refractivity contribution in [2.24, 2.45) is 0 Å². The smallest absolute Gasteiger partial charge is 0.407 e. The van der Waals surface area contributed by atoms with Gasteiger partial charge in [-0.15, -0.1) is 0 Å². The van der Waals surface area contributed by atoms with Crippen molar-refractivity contribution in [3.05, 3.63) is 48.0 Å². The molecule has 178 valence electrons. The number of rotatable bonds is 5. The van der Waals surface area contributed by atoms with Gasteiger partial charge in [0.1, 0.15) is 18.2 Å². The molecule has 3 aromatic rings. The Labute approximate surface area is 198 Å². The Kier molecular flexibility index (Phi) is 6.49. The van der Waals surface area contributed by atoms with Gasteiger partial charge in [0.25, 0.3) is 0 Å². The van der Waals surface area contributed by atoms with Gasteiger partial charge in [0.2, 0.25) is 0 Å². The molecular formula is C26H30N4O4. The van der Waals surface area contributed by atoms with Crippen LogP contribution in [0.1, 0.15) is 31.2 Å². The van der Waals surface area contributed by atoms with Crippen LogP contribution in [0.15, 0.2) is 42.5 Å². The zero-order valence-electron chi connectivity index (χ0n) is 19.4. The lowest BCUT2D eigenvalue weighted by Gasteiger charge is -2.23. The minimum absolute atomic E-state index is 0.00300. The van der Waals surface area contributed by atoms with Gasteiger partial charge in [0.15, 0.2) is 5.82 Å². The van der Waals surface area contributed by atoms with Crippen molar-refractivity contribution in [3.8, 4) is 17.1 Å². The molecule has 2 fully saturated rings. The minimum atomic E-state index is -0.404. The summed E-state index contributed by atoms with van der Waals surface area (Å²) >= 11 is 0. The number of anilines is 1. The number of para-hydroxylation sites is 1. The van der Waals surface area contributed by atoms with E-state index in [9.17, 15) is 9.90 Å². The topological polar surface area (TPSA) is 96.8 Å². The van der Waals surface area contributed by atoms with Gasteiger partial charge in [-0.1, -0.05) is 18.2 Å². The van der Waals surface area contributed by atoms with E-state index in [0.29, 0.717) is 24.5 Å². The Bertz CT molecular complexity index is 1180. The normalized spacial score (nSPS) is 20.4. The SMILES string of the molecule is Cc1ccc2c(N3CC[C@@H](NC(=O)OCC4CCCCO4)C3)nc(-c3ccccc3O)nc2c1. The summed E-state index contributed by atoms with van der Waals surface area (Å²) in [5.74, 6) is 1.43. The molecule has 1 unspecified atom stereocenters. The zero-order valence-corrected chi connectivity index (χ0v) is 19.4. The van der Waals surface area contributed by atoms with Crippen LogP contribution in [-0.2, 0) is 9.47 Å². The highest BCUT2D eigenvalue weighted by Gasteiger charge is 2.28. The van der Waals surface area contributed by atoms with E-state index in [4.69, 9.17) is 19.4 Å².